The summed E-state index contributed by atoms with van der Waals surface area (Å²) in [5.41, 5.74) is 0. The van der Waals surface area contributed by atoms with Gasteiger partial charge in [-0.15, -0.1) is 0 Å². The van der Waals surface area contributed by atoms with E-state index in [0.29, 0.717) is 0 Å². The van der Waals surface area contributed by atoms with Crippen LogP contribution in [0.4, 0.5) is 0 Å². The summed E-state index contributed by atoms with van der Waals surface area (Å²) in [5, 5.41) is 1.37. The molecule has 0 amide bonds. The van der Waals surface area contributed by atoms with Crippen LogP contribution in [0.25, 0.3) is 0 Å². The number of hydrogen-bond donors (Lipinski definition) is 1. The Hall–Kier alpha value is 0.650. The molecule has 0 aliphatic heterocycles. The minimum Gasteiger partial charge on any atom is -0.0992 e. The maximum atomic E-state index is 6.31. The molecule has 0 aliphatic rings. The van der Waals surface area contributed by atoms with Crippen molar-refractivity contribution < 1.29 is 0 Å². The fraction of sp³-hybridized carbons (Fsp3) is 0.667. The van der Waals surface area contributed by atoms with Crippen LogP contribution in [0.15, 0.2) is 30.3 Å². The largest absolute Gasteiger partial charge is 0.160 e. The highest BCUT2D eigenvalue weighted by atomic mass is 33.1. The molecule has 1 unspecified atom stereocenters. The van der Waals surface area contributed by atoms with Gasteiger partial charge in [0.1, 0.15) is 0 Å². The van der Waals surface area contributed by atoms with Crippen molar-refractivity contribution in [3.63, 3.8) is 0 Å². The number of hydrogen-bond acceptors (Lipinski definition) is 1. The molecule has 1 atom stereocenters. The third-order valence-electron chi connectivity index (χ3n) is 4.45. The van der Waals surface area contributed by atoms with Gasteiger partial charge in [0.25, 0.3) is 0 Å². The summed E-state index contributed by atoms with van der Waals surface area (Å²) in [7, 11) is 0. The molecule has 22 heavy (non-hydrogen) atoms. The van der Waals surface area contributed by atoms with E-state index in [-0.39, 0.29) is 0 Å². The first kappa shape index (κ1) is 20.7. The van der Waals surface area contributed by atoms with Crippen molar-refractivity contribution in [2.75, 3.05) is 18.5 Å². The van der Waals surface area contributed by atoms with Gasteiger partial charge in [0.05, 0.1) is 25.4 Å². The molecule has 1 aromatic carbocycles. The average molecular weight is 376 g/mol. The third kappa shape index (κ3) is 5.34. The molecule has 0 aromatic heterocycles. The molecule has 0 bridgehead atoms. The molecular weight excluding hydrogens is 342 g/mol. The van der Waals surface area contributed by atoms with Crippen molar-refractivity contribution in [1.29, 1.82) is 0 Å². The topological polar surface area (TPSA) is 0 Å². The van der Waals surface area contributed by atoms with E-state index < -0.39 is 11.9 Å². The predicted molar refractivity (Wildman–Crippen MR) is 116 cm³/mol. The summed E-state index contributed by atoms with van der Waals surface area (Å²) in [5.74, 6) is 0. The Morgan fingerprint density at radius 1 is 0.864 bits per heavy atom. The van der Waals surface area contributed by atoms with Gasteiger partial charge in [0.15, 0.2) is 4.93 Å². The Kier molecular flexibility index (Phi) is 9.88. The molecular formula is C18H33P2S2+. The SMILES string of the molecule is CCCC[P+](CCCC)(CCCC)P(=S)(S)c1ccccc1. The van der Waals surface area contributed by atoms with E-state index in [0.717, 1.165) is 0 Å². The first-order chi connectivity index (χ1) is 10.5. The molecule has 0 nitrogen and oxygen atoms in total. The third-order valence-corrected chi connectivity index (χ3v) is 23.8. The van der Waals surface area contributed by atoms with Crippen LogP contribution in [0.3, 0.4) is 0 Å². The van der Waals surface area contributed by atoms with Gasteiger partial charge < -0.3 is 0 Å². The Morgan fingerprint density at radius 2 is 1.27 bits per heavy atom. The highest BCUT2D eigenvalue weighted by Gasteiger charge is 2.48. The molecule has 1 aromatic rings. The van der Waals surface area contributed by atoms with Gasteiger partial charge >= 0.3 is 0 Å². The van der Waals surface area contributed by atoms with Crippen molar-refractivity contribution in [1.82, 2.24) is 0 Å². The fourth-order valence-corrected chi connectivity index (χ4v) is 19.2. The maximum absolute atomic E-state index is 6.31. The first-order valence-electron chi connectivity index (χ1n) is 8.79. The summed E-state index contributed by atoms with van der Waals surface area (Å²) in [6.07, 6.45) is 11.9. The van der Waals surface area contributed by atoms with Crippen LogP contribution < -0.4 is 5.30 Å². The van der Waals surface area contributed by atoms with E-state index >= 15 is 0 Å². The second kappa shape index (κ2) is 10.5. The summed E-state index contributed by atoms with van der Waals surface area (Å²) in [4.78, 5) is -1.74. The van der Waals surface area contributed by atoms with Crippen LogP contribution in [0.2, 0.25) is 0 Å². The first-order valence-corrected chi connectivity index (χ1v) is 15.8. The minimum atomic E-state index is -1.74. The molecule has 0 saturated heterocycles. The van der Waals surface area contributed by atoms with Gasteiger partial charge in [-0.3, -0.25) is 0 Å². The van der Waals surface area contributed by atoms with Crippen LogP contribution in [-0.2, 0) is 11.8 Å². The van der Waals surface area contributed by atoms with Gasteiger partial charge in [-0.05, 0) is 43.2 Å². The van der Waals surface area contributed by atoms with Crippen molar-refractivity contribution in [3.05, 3.63) is 30.3 Å². The molecule has 0 radical (unpaired) electrons. The van der Waals surface area contributed by atoms with E-state index in [1.807, 2.05) is 0 Å². The Bertz CT molecular complexity index is 438. The van der Waals surface area contributed by atoms with Gasteiger partial charge in [0.2, 0.25) is 0 Å². The standard InChI is InChI=1S/C18H32P2S2/c1-4-7-15-19(16-8-5-2,17-9-6-3)20(21,22)18-13-11-10-12-14-18/h10-14H,4-9,15-17H2,1-3H3/p+1. The van der Waals surface area contributed by atoms with Crippen molar-refractivity contribution in [3.8, 4) is 0 Å². The molecule has 0 fully saturated rings. The summed E-state index contributed by atoms with van der Waals surface area (Å²) in [6.45, 7) is 5.73. The zero-order valence-corrected chi connectivity index (χ0v) is 18.0. The van der Waals surface area contributed by atoms with Crippen LogP contribution in [-0.4, -0.2) is 18.5 Å². The van der Waals surface area contributed by atoms with Crippen LogP contribution >= 0.6 is 24.1 Å². The summed E-state index contributed by atoms with van der Waals surface area (Å²) in [6, 6.07) is 10.9. The number of unbranched alkanes of at least 4 members (excludes halogenated alkanes) is 3. The van der Waals surface area contributed by atoms with Crippen molar-refractivity contribution in [2.45, 2.75) is 59.3 Å². The fourth-order valence-electron chi connectivity index (χ4n) is 2.97. The van der Waals surface area contributed by atoms with Crippen molar-refractivity contribution >= 4 is 41.2 Å². The van der Waals surface area contributed by atoms with Crippen LogP contribution in [0.5, 0.6) is 0 Å². The Labute approximate surface area is 149 Å². The lowest BCUT2D eigenvalue weighted by atomic mass is 10.4. The molecule has 1 rings (SSSR count). The second-order valence-corrected chi connectivity index (χ2v) is 21.7. The quantitative estimate of drug-likeness (QED) is 0.322. The number of thiol groups is 1. The monoisotopic (exact) mass is 375 g/mol. The number of rotatable bonds is 11. The molecule has 4 heteroatoms. The zero-order valence-electron chi connectivity index (χ0n) is 14.5. The normalized spacial score (nSPS) is 14.7. The lowest BCUT2D eigenvalue weighted by molar-refractivity contribution is 0.844. The van der Waals surface area contributed by atoms with E-state index in [2.05, 4.69) is 51.1 Å². The highest BCUT2D eigenvalue weighted by molar-refractivity contribution is 8.90. The van der Waals surface area contributed by atoms with E-state index in [1.165, 1.54) is 62.3 Å². The minimum absolute atomic E-state index is 1.18. The summed E-state index contributed by atoms with van der Waals surface area (Å²) >= 11 is 11.6. The van der Waals surface area contributed by atoms with Gasteiger partial charge in [-0.1, -0.05) is 70.5 Å². The van der Waals surface area contributed by atoms with E-state index in [1.54, 1.807) is 0 Å². The smallest absolute Gasteiger partial charge is 0.0992 e. The Morgan fingerprint density at radius 3 is 1.64 bits per heavy atom. The second-order valence-electron chi connectivity index (χ2n) is 6.21. The zero-order chi connectivity index (χ0) is 16.5. The Balaban J connectivity index is 3.21. The van der Waals surface area contributed by atoms with E-state index in [4.69, 9.17) is 24.1 Å². The molecule has 0 saturated carbocycles. The highest BCUT2D eigenvalue weighted by Crippen LogP contribution is 2.91. The lowest BCUT2D eigenvalue weighted by Crippen LogP contribution is -2.13. The molecule has 0 spiro atoms. The lowest BCUT2D eigenvalue weighted by Gasteiger charge is -2.35. The maximum Gasteiger partial charge on any atom is 0.160 e. The molecule has 0 heterocycles. The van der Waals surface area contributed by atoms with Crippen LogP contribution in [0, 0.1) is 0 Å². The van der Waals surface area contributed by atoms with E-state index in [9.17, 15) is 0 Å². The van der Waals surface area contributed by atoms with Crippen LogP contribution in [0.1, 0.15) is 59.3 Å². The van der Waals surface area contributed by atoms with Gasteiger partial charge in [0, 0.05) is 5.30 Å². The van der Waals surface area contributed by atoms with Gasteiger partial charge in [-0.2, -0.15) is 0 Å². The summed E-state index contributed by atoms with van der Waals surface area (Å²) < 4.78 is 0. The average Bonchev–Trinajstić information content (AvgIpc) is 2.55. The number of benzene rings is 1. The molecule has 0 aliphatic carbocycles. The molecule has 126 valence electrons. The predicted octanol–water partition coefficient (Wildman–Crippen LogP) is 6.97. The molecule has 0 N–H and O–H groups in total. The van der Waals surface area contributed by atoms with Gasteiger partial charge in [-0.25, -0.2) is 0 Å². The van der Waals surface area contributed by atoms with Crippen molar-refractivity contribution in [2.24, 2.45) is 0 Å².